The standard InChI is InChI=1S/C13H17FN2O/c1-8-5-10(8)7-16(2)13(17)9-3-4-11(14)12(15)6-9/h3-4,6,8,10H,5,7,15H2,1-2H3. The average Bonchev–Trinajstić information content (AvgIpc) is 2.97. The number of anilines is 1. The van der Waals surface area contributed by atoms with E-state index in [2.05, 4.69) is 6.92 Å². The topological polar surface area (TPSA) is 46.3 Å². The SMILES string of the molecule is CC1CC1CN(C)C(=O)c1ccc(F)c(N)c1. The van der Waals surface area contributed by atoms with Gasteiger partial charge in [0, 0.05) is 19.2 Å². The number of amides is 1. The molecule has 0 aromatic heterocycles. The molecule has 0 spiro atoms. The van der Waals surface area contributed by atoms with Crippen LogP contribution in [0.5, 0.6) is 0 Å². The van der Waals surface area contributed by atoms with Crippen molar-refractivity contribution in [3.05, 3.63) is 29.6 Å². The zero-order valence-corrected chi connectivity index (χ0v) is 10.1. The van der Waals surface area contributed by atoms with Crippen molar-refractivity contribution in [3.63, 3.8) is 0 Å². The number of benzene rings is 1. The highest BCUT2D eigenvalue weighted by Crippen LogP contribution is 2.38. The summed E-state index contributed by atoms with van der Waals surface area (Å²) < 4.78 is 13.0. The number of rotatable bonds is 3. The second-order valence-electron chi connectivity index (χ2n) is 4.90. The van der Waals surface area contributed by atoms with Crippen molar-refractivity contribution < 1.29 is 9.18 Å². The molecule has 1 fully saturated rings. The molecule has 1 aliphatic carbocycles. The van der Waals surface area contributed by atoms with E-state index in [0.717, 1.165) is 6.54 Å². The lowest BCUT2D eigenvalue weighted by molar-refractivity contribution is 0.0787. The molecular formula is C13H17FN2O. The van der Waals surface area contributed by atoms with E-state index in [1.54, 1.807) is 11.9 Å². The summed E-state index contributed by atoms with van der Waals surface area (Å²) in [6.45, 7) is 2.94. The van der Waals surface area contributed by atoms with E-state index in [0.29, 0.717) is 17.4 Å². The minimum absolute atomic E-state index is 0.0176. The molecule has 0 aliphatic heterocycles. The van der Waals surface area contributed by atoms with Crippen LogP contribution in [0.3, 0.4) is 0 Å². The molecule has 1 saturated carbocycles. The predicted octanol–water partition coefficient (Wildman–Crippen LogP) is 2.14. The molecule has 92 valence electrons. The van der Waals surface area contributed by atoms with Crippen LogP contribution in [0.2, 0.25) is 0 Å². The third-order valence-corrected chi connectivity index (χ3v) is 3.37. The molecule has 2 N–H and O–H groups in total. The lowest BCUT2D eigenvalue weighted by Gasteiger charge is -2.17. The molecule has 0 heterocycles. The van der Waals surface area contributed by atoms with Crippen molar-refractivity contribution in [1.82, 2.24) is 4.90 Å². The maximum absolute atomic E-state index is 13.0. The van der Waals surface area contributed by atoms with Crippen molar-refractivity contribution in [3.8, 4) is 0 Å². The van der Waals surface area contributed by atoms with Crippen molar-refractivity contribution in [1.29, 1.82) is 0 Å². The lowest BCUT2D eigenvalue weighted by Crippen LogP contribution is -2.29. The van der Waals surface area contributed by atoms with Crippen LogP contribution in [0.4, 0.5) is 10.1 Å². The molecule has 2 atom stereocenters. The van der Waals surface area contributed by atoms with Gasteiger partial charge in [-0.05, 0) is 36.5 Å². The van der Waals surface area contributed by atoms with E-state index >= 15 is 0 Å². The van der Waals surface area contributed by atoms with Crippen LogP contribution in [0.25, 0.3) is 0 Å². The number of hydrogen-bond acceptors (Lipinski definition) is 2. The van der Waals surface area contributed by atoms with Gasteiger partial charge in [-0.3, -0.25) is 4.79 Å². The summed E-state index contributed by atoms with van der Waals surface area (Å²) in [4.78, 5) is 13.7. The first kappa shape index (κ1) is 11.9. The van der Waals surface area contributed by atoms with Gasteiger partial charge < -0.3 is 10.6 Å². The first-order valence-corrected chi connectivity index (χ1v) is 5.79. The quantitative estimate of drug-likeness (QED) is 0.817. The molecule has 1 aromatic rings. The molecule has 2 unspecified atom stereocenters. The summed E-state index contributed by atoms with van der Waals surface area (Å²) in [5.74, 6) is 0.737. The Bertz CT molecular complexity index is 447. The first-order valence-electron chi connectivity index (χ1n) is 5.79. The number of carbonyl (C=O) groups excluding carboxylic acids is 1. The fourth-order valence-electron chi connectivity index (χ4n) is 1.99. The summed E-state index contributed by atoms with van der Waals surface area (Å²) in [7, 11) is 1.77. The summed E-state index contributed by atoms with van der Waals surface area (Å²) in [6.07, 6.45) is 1.18. The number of nitrogens with zero attached hydrogens (tertiary/aromatic N) is 1. The van der Waals surface area contributed by atoms with E-state index in [9.17, 15) is 9.18 Å². The third kappa shape index (κ3) is 2.57. The summed E-state index contributed by atoms with van der Waals surface area (Å²) in [5, 5.41) is 0. The van der Waals surface area contributed by atoms with Crippen LogP contribution in [0.1, 0.15) is 23.7 Å². The predicted molar refractivity (Wildman–Crippen MR) is 65.0 cm³/mol. The Balaban J connectivity index is 2.05. The van der Waals surface area contributed by atoms with Crippen molar-refractivity contribution in [2.45, 2.75) is 13.3 Å². The minimum atomic E-state index is -0.486. The highest BCUT2D eigenvalue weighted by Gasteiger charge is 2.34. The lowest BCUT2D eigenvalue weighted by atomic mass is 10.1. The van der Waals surface area contributed by atoms with Gasteiger partial charge >= 0.3 is 0 Å². The summed E-state index contributed by atoms with van der Waals surface area (Å²) >= 11 is 0. The summed E-state index contributed by atoms with van der Waals surface area (Å²) in [5.41, 5.74) is 5.91. The van der Waals surface area contributed by atoms with Crippen molar-refractivity contribution in [2.75, 3.05) is 19.3 Å². The van der Waals surface area contributed by atoms with E-state index in [4.69, 9.17) is 5.73 Å². The third-order valence-electron chi connectivity index (χ3n) is 3.37. The van der Waals surface area contributed by atoms with E-state index in [-0.39, 0.29) is 11.6 Å². The van der Waals surface area contributed by atoms with Crippen LogP contribution in [-0.4, -0.2) is 24.4 Å². The zero-order chi connectivity index (χ0) is 12.6. The Morgan fingerprint density at radius 3 is 2.76 bits per heavy atom. The monoisotopic (exact) mass is 236 g/mol. The molecule has 1 aliphatic rings. The largest absolute Gasteiger partial charge is 0.396 e. The van der Waals surface area contributed by atoms with Gasteiger partial charge in [-0.2, -0.15) is 0 Å². The van der Waals surface area contributed by atoms with Crippen LogP contribution in [0, 0.1) is 17.7 Å². The summed E-state index contributed by atoms with van der Waals surface area (Å²) in [6, 6.07) is 4.10. The zero-order valence-electron chi connectivity index (χ0n) is 10.1. The Morgan fingerprint density at radius 2 is 2.24 bits per heavy atom. The number of hydrogen-bond donors (Lipinski definition) is 1. The minimum Gasteiger partial charge on any atom is -0.396 e. The Kier molecular flexibility index (Phi) is 3.05. The molecule has 0 bridgehead atoms. The fraction of sp³-hybridized carbons (Fsp3) is 0.462. The Labute approximate surface area is 100 Å². The second kappa shape index (κ2) is 4.35. The first-order chi connectivity index (χ1) is 7.99. The Hall–Kier alpha value is -1.58. The highest BCUT2D eigenvalue weighted by atomic mass is 19.1. The normalized spacial score (nSPS) is 22.3. The van der Waals surface area contributed by atoms with Gasteiger partial charge in [0.2, 0.25) is 0 Å². The van der Waals surface area contributed by atoms with Crippen LogP contribution in [0.15, 0.2) is 18.2 Å². The van der Waals surface area contributed by atoms with Gasteiger partial charge in [-0.25, -0.2) is 4.39 Å². The van der Waals surface area contributed by atoms with E-state index in [1.807, 2.05) is 0 Å². The number of carbonyl (C=O) groups is 1. The maximum atomic E-state index is 13.0. The van der Waals surface area contributed by atoms with Gasteiger partial charge in [-0.1, -0.05) is 6.92 Å². The molecule has 1 amide bonds. The van der Waals surface area contributed by atoms with Gasteiger partial charge in [-0.15, -0.1) is 0 Å². The number of nitrogen functional groups attached to an aromatic ring is 1. The van der Waals surface area contributed by atoms with Crippen molar-refractivity contribution >= 4 is 11.6 Å². The van der Waals surface area contributed by atoms with Gasteiger partial charge in [0.1, 0.15) is 5.82 Å². The van der Waals surface area contributed by atoms with Gasteiger partial charge in [0.05, 0.1) is 5.69 Å². The number of halogens is 1. The highest BCUT2D eigenvalue weighted by molar-refractivity contribution is 5.94. The maximum Gasteiger partial charge on any atom is 0.253 e. The van der Waals surface area contributed by atoms with E-state index in [1.165, 1.54) is 24.6 Å². The Morgan fingerprint density at radius 1 is 1.59 bits per heavy atom. The molecule has 1 aromatic carbocycles. The molecular weight excluding hydrogens is 219 g/mol. The van der Waals surface area contributed by atoms with Gasteiger partial charge in [0.25, 0.3) is 5.91 Å². The smallest absolute Gasteiger partial charge is 0.253 e. The molecule has 0 radical (unpaired) electrons. The molecule has 17 heavy (non-hydrogen) atoms. The van der Waals surface area contributed by atoms with Gasteiger partial charge in [0.15, 0.2) is 0 Å². The molecule has 2 rings (SSSR count). The molecule has 4 heteroatoms. The second-order valence-corrected chi connectivity index (χ2v) is 4.90. The van der Waals surface area contributed by atoms with Crippen molar-refractivity contribution in [2.24, 2.45) is 11.8 Å². The van der Waals surface area contributed by atoms with Crippen LogP contribution in [-0.2, 0) is 0 Å². The van der Waals surface area contributed by atoms with E-state index < -0.39 is 5.82 Å². The van der Waals surface area contributed by atoms with Crippen LogP contribution < -0.4 is 5.73 Å². The molecule has 3 nitrogen and oxygen atoms in total. The van der Waals surface area contributed by atoms with Crippen LogP contribution >= 0.6 is 0 Å². The average molecular weight is 236 g/mol. The fourth-order valence-corrected chi connectivity index (χ4v) is 1.99. The molecule has 0 saturated heterocycles. The number of nitrogens with two attached hydrogens (primary N) is 1.